The van der Waals surface area contributed by atoms with Gasteiger partial charge in [-0.15, -0.1) is 0 Å². The first kappa shape index (κ1) is 12.0. The van der Waals surface area contributed by atoms with Crippen LogP contribution in [0, 0.1) is 5.41 Å². The maximum absolute atomic E-state index is 2.73. The van der Waals surface area contributed by atoms with E-state index in [0.717, 1.165) is 6.04 Å². The summed E-state index contributed by atoms with van der Waals surface area (Å²) in [4.78, 5) is 2.73. The second kappa shape index (κ2) is 5.16. The van der Waals surface area contributed by atoms with Gasteiger partial charge >= 0.3 is 0 Å². The predicted octanol–water partition coefficient (Wildman–Crippen LogP) is 3.69. The Morgan fingerprint density at radius 2 is 1.93 bits per heavy atom. The van der Waals surface area contributed by atoms with Gasteiger partial charge in [-0.2, -0.15) is 0 Å². The molecule has 1 aliphatic rings. The maximum Gasteiger partial charge on any atom is 0.0144 e. The molecule has 0 aromatic carbocycles. The van der Waals surface area contributed by atoms with Gasteiger partial charge in [0.1, 0.15) is 0 Å². The SMILES string of the molecule is CCCCN1CCCCC1C(C)(C)C. The van der Waals surface area contributed by atoms with Crippen LogP contribution in [0.2, 0.25) is 0 Å². The van der Waals surface area contributed by atoms with Crippen molar-refractivity contribution in [2.75, 3.05) is 13.1 Å². The van der Waals surface area contributed by atoms with Crippen molar-refractivity contribution in [1.29, 1.82) is 0 Å². The van der Waals surface area contributed by atoms with Gasteiger partial charge in [0.15, 0.2) is 0 Å². The van der Waals surface area contributed by atoms with Crippen LogP contribution in [0.4, 0.5) is 0 Å². The molecule has 1 heterocycles. The van der Waals surface area contributed by atoms with Crippen molar-refractivity contribution in [3.63, 3.8) is 0 Å². The van der Waals surface area contributed by atoms with E-state index < -0.39 is 0 Å². The first-order valence-corrected chi connectivity index (χ1v) is 6.29. The van der Waals surface area contributed by atoms with Crippen molar-refractivity contribution in [3.05, 3.63) is 0 Å². The monoisotopic (exact) mass is 197 g/mol. The van der Waals surface area contributed by atoms with Crippen LogP contribution in [0.1, 0.15) is 59.8 Å². The van der Waals surface area contributed by atoms with Crippen molar-refractivity contribution in [2.45, 2.75) is 65.8 Å². The molecule has 0 spiro atoms. The molecule has 0 saturated carbocycles. The number of hydrogen-bond donors (Lipinski definition) is 0. The van der Waals surface area contributed by atoms with Crippen molar-refractivity contribution >= 4 is 0 Å². The summed E-state index contributed by atoms with van der Waals surface area (Å²) in [5.41, 5.74) is 0.466. The van der Waals surface area contributed by atoms with Gasteiger partial charge in [0.25, 0.3) is 0 Å². The zero-order valence-electron chi connectivity index (χ0n) is 10.5. The van der Waals surface area contributed by atoms with Gasteiger partial charge in [-0.1, -0.05) is 40.5 Å². The Hall–Kier alpha value is -0.0400. The average Bonchev–Trinajstić information content (AvgIpc) is 2.14. The molecule has 0 radical (unpaired) electrons. The minimum Gasteiger partial charge on any atom is -0.300 e. The van der Waals surface area contributed by atoms with E-state index in [2.05, 4.69) is 32.6 Å². The highest BCUT2D eigenvalue weighted by molar-refractivity contribution is 4.86. The number of rotatable bonds is 3. The number of likely N-dealkylation sites (tertiary alicyclic amines) is 1. The smallest absolute Gasteiger partial charge is 0.0144 e. The number of unbranched alkanes of at least 4 members (excludes halogenated alkanes) is 1. The molecule has 0 aliphatic carbocycles. The van der Waals surface area contributed by atoms with Crippen LogP contribution in [-0.4, -0.2) is 24.0 Å². The molecular weight excluding hydrogens is 170 g/mol. The molecule has 0 amide bonds. The second-order valence-electron chi connectivity index (χ2n) is 5.77. The number of piperidine rings is 1. The highest BCUT2D eigenvalue weighted by atomic mass is 15.2. The lowest BCUT2D eigenvalue weighted by Crippen LogP contribution is -2.47. The third kappa shape index (κ3) is 3.27. The van der Waals surface area contributed by atoms with E-state index in [1.807, 2.05) is 0 Å². The van der Waals surface area contributed by atoms with Crippen LogP contribution in [0.5, 0.6) is 0 Å². The third-order valence-corrected chi connectivity index (χ3v) is 3.41. The van der Waals surface area contributed by atoms with Gasteiger partial charge in [-0.05, 0) is 37.8 Å². The minimum atomic E-state index is 0.466. The molecule has 1 aliphatic heterocycles. The van der Waals surface area contributed by atoms with Gasteiger partial charge in [-0.3, -0.25) is 4.90 Å². The van der Waals surface area contributed by atoms with E-state index in [9.17, 15) is 0 Å². The van der Waals surface area contributed by atoms with Crippen molar-refractivity contribution in [1.82, 2.24) is 4.90 Å². The molecule has 1 atom stereocenters. The Labute approximate surface area is 89.9 Å². The summed E-state index contributed by atoms with van der Waals surface area (Å²) in [7, 11) is 0. The van der Waals surface area contributed by atoms with Crippen LogP contribution in [0.25, 0.3) is 0 Å². The van der Waals surface area contributed by atoms with Gasteiger partial charge < -0.3 is 0 Å². The van der Waals surface area contributed by atoms with Crippen LogP contribution < -0.4 is 0 Å². The first-order chi connectivity index (χ1) is 6.55. The zero-order chi connectivity index (χ0) is 10.6. The van der Waals surface area contributed by atoms with Gasteiger partial charge in [0, 0.05) is 6.04 Å². The second-order valence-corrected chi connectivity index (χ2v) is 5.77. The number of hydrogen-bond acceptors (Lipinski definition) is 1. The van der Waals surface area contributed by atoms with E-state index in [4.69, 9.17) is 0 Å². The molecule has 0 bridgehead atoms. The normalized spacial score (nSPS) is 25.3. The van der Waals surface area contributed by atoms with E-state index >= 15 is 0 Å². The summed E-state index contributed by atoms with van der Waals surface area (Å²) in [6.07, 6.45) is 6.95. The lowest BCUT2D eigenvalue weighted by molar-refractivity contribution is 0.0628. The molecule has 84 valence electrons. The van der Waals surface area contributed by atoms with Gasteiger partial charge in [0.05, 0.1) is 0 Å². The quantitative estimate of drug-likeness (QED) is 0.667. The van der Waals surface area contributed by atoms with Crippen LogP contribution in [-0.2, 0) is 0 Å². The zero-order valence-corrected chi connectivity index (χ0v) is 10.5. The molecule has 0 aromatic rings. The molecule has 0 N–H and O–H groups in total. The largest absolute Gasteiger partial charge is 0.300 e. The molecule has 1 fully saturated rings. The fourth-order valence-corrected chi connectivity index (χ4v) is 2.60. The molecule has 0 aromatic heterocycles. The van der Waals surface area contributed by atoms with E-state index in [1.165, 1.54) is 45.2 Å². The van der Waals surface area contributed by atoms with Crippen LogP contribution in [0.3, 0.4) is 0 Å². The van der Waals surface area contributed by atoms with Crippen LogP contribution in [0.15, 0.2) is 0 Å². The van der Waals surface area contributed by atoms with Gasteiger partial charge in [0.2, 0.25) is 0 Å². The van der Waals surface area contributed by atoms with Crippen molar-refractivity contribution in [3.8, 4) is 0 Å². The Balaban J connectivity index is 2.50. The molecule has 1 nitrogen and oxygen atoms in total. The lowest BCUT2D eigenvalue weighted by atomic mass is 9.80. The summed E-state index contributed by atoms with van der Waals surface area (Å²) < 4.78 is 0. The summed E-state index contributed by atoms with van der Waals surface area (Å²) in [5.74, 6) is 0. The van der Waals surface area contributed by atoms with Gasteiger partial charge in [-0.25, -0.2) is 0 Å². The average molecular weight is 197 g/mol. The number of nitrogens with zero attached hydrogens (tertiary/aromatic N) is 1. The van der Waals surface area contributed by atoms with Crippen molar-refractivity contribution in [2.24, 2.45) is 5.41 Å². The summed E-state index contributed by atoms with van der Waals surface area (Å²) >= 11 is 0. The molecular formula is C13H27N. The fraction of sp³-hybridized carbons (Fsp3) is 1.00. The van der Waals surface area contributed by atoms with E-state index in [-0.39, 0.29) is 0 Å². The van der Waals surface area contributed by atoms with Crippen LogP contribution >= 0.6 is 0 Å². The molecule has 14 heavy (non-hydrogen) atoms. The Morgan fingerprint density at radius 3 is 2.50 bits per heavy atom. The molecule has 1 heteroatoms. The standard InChI is InChI=1S/C13H27N/c1-5-6-10-14-11-8-7-9-12(14)13(2,3)4/h12H,5-11H2,1-4H3. The highest BCUT2D eigenvalue weighted by Crippen LogP contribution is 2.31. The molecule has 1 rings (SSSR count). The van der Waals surface area contributed by atoms with Crippen molar-refractivity contribution < 1.29 is 0 Å². The summed E-state index contributed by atoms with van der Waals surface area (Å²) in [6.45, 7) is 12.1. The van der Waals surface area contributed by atoms with E-state index in [0.29, 0.717) is 5.41 Å². The topological polar surface area (TPSA) is 3.24 Å². The Morgan fingerprint density at radius 1 is 1.21 bits per heavy atom. The summed E-state index contributed by atoms with van der Waals surface area (Å²) in [5, 5.41) is 0. The minimum absolute atomic E-state index is 0.466. The fourth-order valence-electron chi connectivity index (χ4n) is 2.60. The third-order valence-electron chi connectivity index (χ3n) is 3.41. The maximum atomic E-state index is 2.73. The predicted molar refractivity (Wildman–Crippen MR) is 63.6 cm³/mol. The van der Waals surface area contributed by atoms with E-state index in [1.54, 1.807) is 0 Å². The Bertz CT molecular complexity index is 157. The summed E-state index contributed by atoms with van der Waals surface area (Å²) in [6, 6.07) is 0.822. The molecule has 1 unspecified atom stereocenters. The highest BCUT2D eigenvalue weighted by Gasteiger charge is 2.31. The Kier molecular flexibility index (Phi) is 4.43. The molecule has 1 saturated heterocycles. The lowest BCUT2D eigenvalue weighted by Gasteiger charge is -2.43. The first-order valence-electron chi connectivity index (χ1n) is 6.29.